The molecule has 1 aliphatic rings. The highest BCUT2D eigenvalue weighted by atomic mass is 35.5. The molecule has 3 aromatic rings. The minimum atomic E-state index is -4.65. The number of alkyl halides is 3. The molecule has 2 N–H and O–H groups in total. The van der Waals surface area contributed by atoms with Crippen LogP contribution in [0.2, 0.25) is 5.02 Å². The molecule has 0 aliphatic carbocycles. The summed E-state index contributed by atoms with van der Waals surface area (Å²) in [5.41, 5.74) is -0.191. The zero-order valence-corrected chi connectivity index (χ0v) is 21.0. The SMILES string of the molecule is COC(=O)C1(C)CN=C(c2cc(Oc3ccc(NC(=O)Nc4ccc(Cl)c(C(F)(F)F)c4)cc3)ccn2)C1. The number of aliphatic imine (C=N–C) groups is 1. The minimum Gasteiger partial charge on any atom is -0.469 e. The van der Waals surface area contributed by atoms with E-state index in [9.17, 15) is 22.8 Å². The average Bonchev–Trinajstić information content (AvgIpc) is 3.29. The zero-order chi connectivity index (χ0) is 27.5. The maximum atomic E-state index is 13.0. The van der Waals surface area contributed by atoms with Gasteiger partial charge in [-0.25, -0.2) is 4.79 Å². The second kappa shape index (κ2) is 10.7. The van der Waals surface area contributed by atoms with Crippen LogP contribution in [-0.2, 0) is 15.7 Å². The normalized spacial score (nSPS) is 16.9. The molecule has 1 atom stereocenters. The van der Waals surface area contributed by atoms with Gasteiger partial charge in [-0.3, -0.25) is 14.8 Å². The highest BCUT2D eigenvalue weighted by Crippen LogP contribution is 2.36. The molecule has 4 rings (SSSR count). The molecule has 0 radical (unpaired) electrons. The molecule has 2 aromatic carbocycles. The number of carbonyl (C=O) groups excluding carboxylic acids is 2. The molecule has 8 nitrogen and oxygen atoms in total. The largest absolute Gasteiger partial charge is 0.469 e. The third-order valence-corrected chi connectivity index (χ3v) is 6.09. The van der Waals surface area contributed by atoms with Crippen LogP contribution in [0.4, 0.5) is 29.3 Å². The van der Waals surface area contributed by atoms with E-state index in [0.717, 1.165) is 12.1 Å². The van der Waals surface area contributed by atoms with E-state index in [0.29, 0.717) is 41.6 Å². The molecular weight excluding hydrogens is 525 g/mol. The molecule has 0 bridgehead atoms. The standard InChI is InChI=1S/C26H22ClF3N4O4/c1-25(23(35)37-2)13-22(32-14-25)21-12-18(9-10-31-21)38-17-6-3-15(4-7-17)33-24(36)34-16-5-8-20(27)19(11-16)26(28,29)30/h3-12H,13-14H2,1-2H3,(H2,33,34,36). The maximum Gasteiger partial charge on any atom is 0.417 e. The van der Waals surface area contributed by atoms with E-state index in [1.165, 1.54) is 13.2 Å². The molecule has 1 aromatic heterocycles. The summed E-state index contributed by atoms with van der Waals surface area (Å²) in [4.78, 5) is 33.1. The van der Waals surface area contributed by atoms with Crippen LogP contribution in [0.15, 0.2) is 65.8 Å². The fourth-order valence-corrected chi connectivity index (χ4v) is 4.02. The molecule has 1 aliphatic heterocycles. The number of hydrogen-bond donors (Lipinski definition) is 2. The summed E-state index contributed by atoms with van der Waals surface area (Å²) in [6.07, 6.45) is -2.68. The van der Waals surface area contributed by atoms with E-state index >= 15 is 0 Å². The van der Waals surface area contributed by atoms with Gasteiger partial charge in [-0.1, -0.05) is 11.6 Å². The van der Waals surface area contributed by atoms with Gasteiger partial charge in [0.2, 0.25) is 0 Å². The van der Waals surface area contributed by atoms with E-state index in [2.05, 4.69) is 20.6 Å². The summed E-state index contributed by atoms with van der Waals surface area (Å²) in [6, 6.07) is 12.1. The van der Waals surface area contributed by atoms with Gasteiger partial charge in [-0.2, -0.15) is 13.2 Å². The van der Waals surface area contributed by atoms with Crippen molar-refractivity contribution < 1.29 is 32.2 Å². The first-order valence-corrected chi connectivity index (χ1v) is 11.7. The van der Waals surface area contributed by atoms with Crippen LogP contribution in [-0.4, -0.2) is 36.4 Å². The maximum absolute atomic E-state index is 13.0. The molecule has 0 fully saturated rings. The third-order valence-electron chi connectivity index (χ3n) is 5.76. The Morgan fingerprint density at radius 1 is 1.00 bits per heavy atom. The summed E-state index contributed by atoms with van der Waals surface area (Å²) >= 11 is 5.60. The second-order valence-electron chi connectivity index (χ2n) is 8.77. The number of halogens is 4. The van der Waals surface area contributed by atoms with E-state index in [1.807, 2.05) is 0 Å². The predicted molar refractivity (Wildman–Crippen MR) is 136 cm³/mol. The van der Waals surface area contributed by atoms with E-state index in [-0.39, 0.29) is 11.7 Å². The van der Waals surface area contributed by atoms with Crippen molar-refractivity contribution in [1.82, 2.24) is 4.98 Å². The summed E-state index contributed by atoms with van der Waals surface area (Å²) in [7, 11) is 1.35. The number of hydrogen-bond acceptors (Lipinski definition) is 6. The van der Waals surface area contributed by atoms with Gasteiger partial charge < -0.3 is 20.1 Å². The lowest BCUT2D eigenvalue weighted by Gasteiger charge is -2.18. The Kier molecular flexibility index (Phi) is 7.58. The summed E-state index contributed by atoms with van der Waals surface area (Å²) < 4.78 is 49.8. The van der Waals surface area contributed by atoms with Gasteiger partial charge in [-0.15, -0.1) is 0 Å². The average molecular weight is 547 g/mol. The number of anilines is 2. The number of benzene rings is 2. The lowest BCUT2D eigenvalue weighted by atomic mass is 9.87. The first kappa shape index (κ1) is 26.9. The molecule has 0 saturated heterocycles. The van der Waals surface area contributed by atoms with Crippen molar-refractivity contribution in [2.45, 2.75) is 19.5 Å². The zero-order valence-electron chi connectivity index (χ0n) is 20.2. The van der Waals surface area contributed by atoms with Crippen molar-refractivity contribution in [3.63, 3.8) is 0 Å². The molecular formula is C26H22ClF3N4O4. The molecule has 0 saturated carbocycles. The number of amides is 2. The van der Waals surface area contributed by atoms with Crippen molar-refractivity contribution in [3.05, 3.63) is 77.1 Å². The van der Waals surface area contributed by atoms with Gasteiger partial charge in [-0.05, 0) is 55.5 Å². The van der Waals surface area contributed by atoms with Crippen molar-refractivity contribution in [1.29, 1.82) is 0 Å². The quantitative estimate of drug-likeness (QED) is 0.341. The summed E-state index contributed by atoms with van der Waals surface area (Å²) in [5.74, 6) is 0.629. The fraction of sp³-hybridized carbons (Fsp3) is 0.231. The van der Waals surface area contributed by atoms with Crippen LogP contribution >= 0.6 is 11.6 Å². The van der Waals surface area contributed by atoms with E-state index < -0.39 is 28.2 Å². The number of methoxy groups -OCH3 is 1. The molecule has 12 heteroatoms. The Balaban J connectivity index is 1.37. The van der Waals surface area contributed by atoms with Crippen LogP contribution < -0.4 is 15.4 Å². The second-order valence-corrected chi connectivity index (χ2v) is 9.17. The van der Waals surface area contributed by atoms with Gasteiger partial charge in [0, 0.05) is 30.1 Å². The Morgan fingerprint density at radius 3 is 2.37 bits per heavy atom. The lowest BCUT2D eigenvalue weighted by molar-refractivity contribution is -0.150. The number of rotatable bonds is 6. The van der Waals surface area contributed by atoms with Gasteiger partial charge in [0.25, 0.3) is 0 Å². The topological polar surface area (TPSA) is 102 Å². The fourth-order valence-electron chi connectivity index (χ4n) is 3.79. The number of pyridine rings is 1. The molecule has 38 heavy (non-hydrogen) atoms. The van der Waals surface area contributed by atoms with E-state index in [4.69, 9.17) is 21.1 Å². The highest BCUT2D eigenvalue weighted by Gasteiger charge is 2.40. The minimum absolute atomic E-state index is 0.0635. The van der Waals surface area contributed by atoms with Gasteiger partial charge in [0.05, 0.1) is 41.1 Å². The van der Waals surface area contributed by atoms with Crippen LogP contribution in [0.25, 0.3) is 0 Å². The predicted octanol–water partition coefficient (Wildman–Crippen LogP) is 6.56. The number of ether oxygens (including phenoxy) is 2. The Morgan fingerprint density at radius 2 is 1.68 bits per heavy atom. The molecule has 2 heterocycles. The number of carbonyl (C=O) groups is 2. The van der Waals surface area contributed by atoms with Gasteiger partial charge in [0.1, 0.15) is 11.5 Å². The molecule has 0 spiro atoms. The van der Waals surface area contributed by atoms with Crippen LogP contribution in [0.3, 0.4) is 0 Å². The number of nitrogens with one attached hydrogen (secondary N) is 2. The number of urea groups is 1. The molecule has 1 unspecified atom stereocenters. The summed E-state index contributed by atoms with van der Waals surface area (Å²) in [5, 5.41) is 4.42. The Hall–Kier alpha value is -4.12. The van der Waals surface area contributed by atoms with Crippen molar-refractivity contribution >= 4 is 40.7 Å². The van der Waals surface area contributed by atoms with E-state index in [1.54, 1.807) is 49.5 Å². The van der Waals surface area contributed by atoms with Crippen molar-refractivity contribution in [2.75, 3.05) is 24.3 Å². The number of esters is 1. The Labute approximate surface area is 220 Å². The van der Waals surface area contributed by atoms with Crippen LogP contribution in [0.1, 0.15) is 24.6 Å². The molecule has 198 valence electrons. The first-order valence-electron chi connectivity index (χ1n) is 11.3. The number of aromatic nitrogens is 1. The van der Waals surface area contributed by atoms with Crippen LogP contribution in [0.5, 0.6) is 11.5 Å². The first-order chi connectivity index (χ1) is 18.0. The van der Waals surface area contributed by atoms with Gasteiger partial charge >= 0.3 is 18.2 Å². The van der Waals surface area contributed by atoms with Crippen molar-refractivity contribution in [3.8, 4) is 11.5 Å². The smallest absolute Gasteiger partial charge is 0.417 e. The number of nitrogens with zero attached hydrogens (tertiary/aromatic N) is 2. The summed E-state index contributed by atoms with van der Waals surface area (Å²) in [6.45, 7) is 2.10. The lowest BCUT2D eigenvalue weighted by Crippen LogP contribution is -2.30. The van der Waals surface area contributed by atoms with Crippen LogP contribution in [0, 0.1) is 5.41 Å². The highest BCUT2D eigenvalue weighted by molar-refractivity contribution is 6.31. The third kappa shape index (κ3) is 6.23. The van der Waals surface area contributed by atoms with Crippen molar-refractivity contribution in [2.24, 2.45) is 10.4 Å². The monoisotopic (exact) mass is 546 g/mol. The Bertz CT molecular complexity index is 1400. The molecule has 2 amide bonds. The van der Waals surface area contributed by atoms with Gasteiger partial charge in [0.15, 0.2) is 0 Å².